The number of hydrogen-bond acceptors (Lipinski definition) is 3. The first-order valence-electron chi connectivity index (χ1n) is 10.6. The molecule has 1 heterocycles. The molecule has 0 aliphatic carbocycles. The number of alkyl halides is 9. The normalized spacial score (nSPS) is 18.1. The van der Waals surface area contributed by atoms with Crippen LogP contribution in [0.25, 0.3) is 0 Å². The maximum Gasteiger partial charge on any atom is 0.416 e. The Labute approximate surface area is 204 Å². The average molecular weight is 546 g/mol. The smallest absolute Gasteiger partial charge is 0.321 e. The molecule has 0 radical (unpaired) electrons. The molecule has 2 aromatic rings. The number of nitrogens with zero attached hydrogens (tertiary/aromatic N) is 2. The van der Waals surface area contributed by atoms with Crippen molar-refractivity contribution in [2.24, 2.45) is 0 Å². The van der Waals surface area contributed by atoms with E-state index in [0.717, 1.165) is 29.0 Å². The highest BCUT2D eigenvalue weighted by Crippen LogP contribution is 2.40. The molecule has 0 spiro atoms. The third-order valence-electron chi connectivity index (χ3n) is 5.95. The SMILES string of the molecule is C[C@H](c1cc(C(F)(F)F)cc(C(F)(F)F)c1)N(C)C(=O)N1CNNC[C@@H]1c1ccc(F)cc1C(F)(F)F. The van der Waals surface area contributed by atoms with E-state index in [9.17, 15) is 48.7 Å². The number of rotatable bonds is 3. The topological polar surface area (TPSA) is 47.6 Å². The summed E-state index contributed by atoms with van der Waals surface area (Å²) in [7, 11) is 1.09. The highest BCUT2D eigenvalue weighted by molar-refractivity contribution is 5.75. The first kappa shape index (κ1) is 28.5. The fraction of sp³-hybridized carbons (Fsp3) is 0.409. The molecule has 2 amide bonds. The van der Waals surface area contributed by atoms with E-state index in [-0.39, 0.29) is 25.3 Å². The van der Waals surface area contributed by atoms with Gasteiger partial charge in [-0.2, -0.15) is 39.5 Å². The highest BCUT2D eigenvalue weighted by Gasteiger charge is 2.41. The van der Waals surface area contributed by atoms with E-state index in [4.69, 9.17) is 0 Å². The van der Waals surface area contributed by atoms with E-state index in [0.29, 0.717) is 12.1 Å². The number of amides is 2. The molecule has 0 unspecified atom stereocenters. The van der Waals surface area contributed by atoms with Crippen molar-refractivity contribution in [2.75, 3.05) is 20.3 Å². The fourth-order valence-electron chi connectivity index (χ4n) is 3.89. The van der Waals surface area contributed by atoms with Gasteiger partial charge < -0.3 is 9.80 Å². The molecule has 15 heteroatoms. The third kappa shape index (κ3) is 6.26. The fourth-order valence-corrected chi connectivity index (χ4v) is 3.89. The lowest BCUT2D eigenvalue weighted by Crippen LogP contribution is -2.58. The van der Waals surface area contributed by atoms with Crippen molar-refractivity contribution in [3.8, 4) is 0 Å². The second-order valence-corrected chi connectivity index (χ2v) is 8.34. The summed E-state index contributed by atoms with van der Waals surface area (Å²) in [6, 6.07) is -0.831. The van der Waals surface area contributed by atoms with Gasteiger partial charge >= 0.3 is 24.6 Å². The minimum atomic E-state index is -5.11. The summed E-state index contributed by atoms with van der Waals surface area (Å²) in [5, 5.41) is 0. The molecule has 2 N–H and O–H groups in total. The van der Waals surface area contributed by atoms with Gasteiger partial charge in [-0.3, -0.25) is 5.43 Å². The number of nitrogens with one attached hydrogen (secondary N) is 2. The van der Waals surface area contributed by atoms with Gasteiger partial charge in [0.25, 0.3) is 0 Å². The van der Waals surface area contributed by atoms with Crippen molar-refractivity contribution in [3.63, 3.8) is 0 Å². The van der Waals surface area contributed by atoms with Crippen molar-refractivity contribution >= 4 is 6.03 Å². The van der Waals surface area contributed by atoms with Gasteiger partial charge in [0.15, 0.2) is 0 Å². The monoisotopic (exact) mass is 546 g/mol. The maximum atomic E-state index is 13.6. The number of urea groups is 1. The predicted octanol–water partition coefficient (Wildman–Crippen LogP) is 6.10. The molecule has 37 heavy (non-hydrogen) atoms. The van der Waals surface area contributed by atoms with Crippen LogP contribution in [0.15, 0.2) is 36.4 Å². The van der Waals surface area contributed by atoms with E-state index < -0.39 is 70.3 Å². The number of hydrogen-bond donors (Lipinski definition) is 2. The second-order valence-electron chi connectivity index (χ2n) is 8.34. The van der Waals surface area contributed by atoms with Crippen LogP contribution in [0.1, 0.15) is 46.8 Å². The Morgan fingerprint density at radius 3 is 2.00 bits per heavy atom. The molecule has 1 fully saturated rings. The van der Waals surface area contributed by atoms with Crippen molar-refractivity contribution in [1.82, 2.24) is 20.7 Å². The minimum Gasteiger partial charge on any atom is -0.321 e. The van der Waals surface area contributed by atoms with Gasteiger partial charge in [0.2, 0.25) is 0 Å². The van der Waals surface area contributed by atoms with Gasteiger partial charge in [-0.05, 0) is 48.4 Å². The van der Waals surface area contributed by atoms with Crippen LogP contribution >= 0.6 is 0 Å². The molecule has 0 saturated carbocycles. The number of halogens is 10. The van der Waals surface area contributed by atoms with Crippen molar-refractivity contribution in [2.45, 2.75) is 37.5 Å². The van der Waals surface area contributed by atoms with Crippen LogP contribution in [-0.2, 0) is 18.5 Å². The highest BCUT2D eigenvalue weighted by atomic mass is 19.4. The molecular formula is C22H20F10N4O. The minimum absolute atomic E-state index is 0.0541. The molecule has 0 bridgehead atoms. The van der Waals surface area contributed by atoms with Crippen LogP contribution < -0.4 is 10.9 Å². The molecule has 2 atom stereocenters. The molecule has 2 aromatic carbocycles. The maximum absolute atomic E-state index is 13.6. The molecule has 1 aliphatic heterocycles. The van der Waals surface area contributed by atoms with Gasteiger partial charge in [0.05, 0.1) is 35.4 Å². The zero-order chi connectivity index (χ0) is 27.9. The Balaban J connectivity index is 1.99. The number of carbonyl (C=O) groups is 1. The molecular weight excluding hydrogens is 526 g/mol. The predicted molar refractivity (Wildman–Crippen MR) is 110 cm³/mol. The number of hydrazine groups is 1. The standard InChI is InChI=1S/C22H20F10N4O/c1-11(12-5-13(20(24,25)26)7-14(6-12)21(27,28)29)35(2)19(37)36-10-34-33-9-18(36)16-4-3-15(23)8-17(16)22(30,31)32/h3-8,11,18,33-34H,9-10H2,1-2H3/t11-,18-/m1/s1. The quantitative estimate of drug-likeness (QED) is 0.458. The van der Waals surface area contributed by atoms with E-state index in [1.807, 2.05) is 0 Å². The van der Waals surface area contributed by atoms with Crippen LogP contribution in [0.3, 0.4) is 0 Å². The first-order chi connectivity index (χ1) is 16.9. The molecule has 1 saturated heterocycles. The summed E-state index contributed by atoms with van der Waals surface area (Å²) in [4.78, 5) is 15.0. The largest absolute Gasteiger partial charge is 0.416 e. The summed E-state index contributed by atoms with van der Waals surface area (Å²) in [6.07, 6.45) is -15.2. The van der Waals surface area contributed by atoms with Crippen LogP contribution in [0.5, 0.6) is 0 Å². The Hall–Kier alpha value is -3.07. The van der Waals surface area contributed by atoms with Crippen LogP contribution in [0.4, 0.5) is 48.7 Å². The lowest BCUT2D eigenvalue weighted by molar-refractivity contribution is -0.143. The first-order valence-corrected chi connectivity index (χ1v) is 10.6. The van der Waals surface area contributed by atoms with Gasteiger partial charge in [0, 0.05) is 13.6 Å². The molecule has 3 rings (SSSR count). The molecule has 204 valence electrons. The Bertz CT molecular complexity index is 1110. The summed E-state index contributed by atoms with van der Waals surface area (Å²) >= 11 is 0. The van der Waals surface area contributed by atoms with E-state index >= 15 is 0 Å². The Kier molecular flexibility index (Phi) is 7.71. The van der Waals surface area contributed by atoms with E-state index in [1.165, 1.54) is 6.92 Å². The molecule has 0 aromatic heterocycles. The summed E-state index contributed by atoms with van der Waals surface area (Å²) in [6.45, 7) is 0.549. The lowest BCUT2D eigenvalue weighted by Gasteiger charge is -2.41. The summed E-state index contributed by atoms with van der Waals surface area (Å²) in [5.41, 5.74) is -0.284. The third-order valence-corrected chi connectivity index (χ3v) is 5.95. The molecule has 5 nitrogen and oxygen atoms in total. The Morgan fingerprint density at radius 2 is 1.49 bits per heavy atom. The van der Waals surface area contributed by atoms with Crippen LogP contribution in [0, 0.1) is 5.82 Å². The van der Waals surface area contributed by atoms with Crippen LogP contribution in [-0.4, -0.2) is 36.1 Å². The zero-order valence-electron chi connectivity index (χ0n) is 19.1. The molecule has 1 aliphatic rings. The van der Waals surface area contributed by atoms with Gasteiger partial charge in [-0.15, -0.1) is 0 Å². The Morgan fingerprint density at radius 1 is 0.919 bits per heavy atom. The van der Waals surface area contributed by atoms with Crippen LogP contribution in [0.2, 0.25) is 0 Å². The summed E-state index contributed by atoms with van der Waals surface area (Å²) < 4.78 is 134. The van der Waals surface area contributed by atoms with Gasteiger partial charge in [-0.25, -0.2) is 14.6 Å². The van der Waals surface area contributed by atoms with Crippen molar-refractivity contribution < 1.29 is 48.7 Å². The average Bonchev–Trinajstić information content (AvgIpc) is 2.80. The lowest BCUT2D eigenvalue weighted by atomic mass is 9.97. The van der Waals surface area contributed by atoms with Crippen molar-refractivity contribution in [3.05, 3.63) is 70.0 Å². The summed E-state index contributed by atoms with van der Waals surface area (Å²) in [5.74, 6) is -1.16. The van der Waals surface area contributed by atoms with Crippen molar-refractivity contribution in [1.29, 1.82) is 0 Å². The number of carbonyl (C=O) groups excluding carboxylic acids is 1. The number of benzene rings is 2. The van der Waals surface area contributed by atoms with E-state index in [1.54, 1.807) is 0 Å². The second kappa shape index (κ2) is 10.0. The van der Waals surface area contributed by atoms with Gasteiger partial charge in [-0.1, -0.05) is 6.07 Å². The van der Waals surface area contributed by atoms with Gasteiger partial charge in [0.1, 0.15) is 5.82 Å². The zero-order valence-corrected chi connectivity index (χ0v) is 19.1. The van der Waals surface area contributed by atoms with E-state index in [2.05, 4.69) is 10.9 Å².